The molecule has 1 aromatic rings. The lowest BCUT2D eigenvalue weighted by atomic mass is 10.1. The van der Waals surface area contributed by atoms with Crippen LogP contribution in [0.15, 0.2) is 24.3 Å². The number of nitrogens with one attached hydrogen (secondary N) is 1. The molecule has 0 bridgehead atoms. The SMILES string of the molecule is CC1NCCSC1Cc1ccc(Cl)cc1. The zero-order valence-corrected chi connectivity index (χ0v) is 10.4. The number of halogens is 1. The van der Waals surface area contributed by atoms with Crippen molar-refractivity contribution in [3.8, 4) is 0 Å². The summed E-state index contributed by atoms with van der Waals surface area (Å²) in [5.74, 6) is 1.22. The Morgan fingerprint density at radius 3 is 2.80 bits per heavy atom. The number of rotatable bonds is 2. The van der Waals surface area contributed by atoms with Crippen molar-refractivity contribution in [2.24, 2.45) is 0 Å². The second-order valence-corrected chi connectivity index (χ2v) is 5.77. The monoisotopic (exact) mass is 241 g/mol. The maximum Gasteiger partial charge on any atom is 0.0406 e. The molecule has 2 atom stereocenters. The number of benzene rings is 1. The van der Waals surface area contributed by atoms with Crippen LogP contribution in [0.4, 0.5) is 0 Å². The van der Waals surface area contributed by atoms with Gasteiger partial charge in [0.05, 0.1) is 0 Å². The van der Waals surface area contributed by atoms with Gasteiger partial charge in [-0.15, -0.1) is 0 Å². The molecule has 1 aliphatic rings. The van der Waals surface area contributed by atoms with E-state index in [1.54, 1.807) is 0 Å². The van der Waals surface area contributed by atoms with Crippen LogP contribution in [0.2, 0.25) is 5.02 Å². The molecule has 1 saturated heterocycles. The lowest BCUT2D eigenvalue weighted by molar-refractivity contribution is 0.529. The second kappa shape index (κ2) is 5.24. The first-order valence-electron chi connectivity index (χ1n) is 5.35. The van der Waals surface area contributed by atoms with Crippen molar-refractivity contribution in [3.05, 3.63) is 34.9 Å². The number of thioether (sulfide) groups is 1. The maximum atomic E-state index is 5.87. The van der Waals surface area contributed by atoms with E-state index in [1.807, 2.05) is 12.1 Å². The summed E-state index contributed by atoms with van der Waals surface area (Å²) in [7, 11) is 0. The molecule has 0 aliphatic carbocycles. The van der Waals surface area contributed by atoms with Gasteiger partial charge in [-0.1, -0.05) is 23.7 Å². The largest absolute Gasteiger partial charge is 0.312 e. The summed E-state index contributed by atoms with van der Waals surface area (Å²) in [4.78, 5) is 0. The normalized spacial score (nSPS) is 26.5. The lowest BCUT2D eigenvalue weighted by Crippen LogP contribution is -2.42. The summed E-state index contributed by atoms with van der Waals surface area (Å²) in [6.07, 6.45) is 1.13. The van der Waals surface area contributed by atoms with E-state index < -0.39 is 0 Å². The quantitative estimate of drug-likeness (QED) is 0.855. The van der Waals surface area contributed by atoms with E-state index in [0.29, 0.717) is 11.3 Å². The molecule has 1 aliphatic heterocycles. The zero-order valence-electron chi connectivity index (χ0n) is 8.87. The standard InChI is InChI=1S/C12H16ClNS/c1-9-12(15-7-6-14-9)8-10-2-4-11(13)5-3-10/h2-5,9,12,14H,6-8H2,1H3. The highest BCUT2D eigenvalue weighted by Crippen LogP contribution is 2.23. The number of hydrogen-bond acceptors (Lipinski definition) is 2. The molecule has 0 radical (unpaired) electrons. The summed E-state index contributed by atoms with van der Waals surface area (Å²) in [6.45, 7) is 3.41. The molecule has 0 saturated carbocycles. The second-order valence-electron chi connectivity index (χ2n) is 3.98. The molecule has 1 heterocycles. The van der Waals surface area contributed by atoms with E-state index in [0.717, 1.165) is 18.0 Å². The van der Waals surface area contributed by atoms with Crippen molar-refractivity contribution in [3.63, 3.8) is 0 Å². The fourth-order valence-corrected chi connectivity index (χ4v) is 3.22. The van der Waals surface area contributed by atoms with Crippen LogP contribution in [0.1, 0.15) is 12.5 Å². The fourth-order valence-electron chi connectivity index (χ4n) is 1.86. The summed E-state index contributed by atoms with van der Waals surface area (Å²) in [5.41, 5.74) is 1.38. The average Bonchev–Trinajstić information content (AvgIpc) is 2.25. The van der Waals surface area contributed by atoms with Crippen LogP contribution in [-0.2, 0) is 6.42 Å². The van der Waals surface area contributed by atoms with Gasteiger partial charge in [0.1, 0.15) is 0 Å². The Labute approximate surface area is 101 Å². The van der Waals surface area contributed by atoms with Gasteiger partial charge < -0.3 is 5.32 Å². The highest BCUT2D eigenvalue weighted by molar-refractivity contribution is 8.00. The smallest absolute Gasteiger partial charge is 0.0406 e. The Kier molecular flexibility index (Phi) is 3.95. The van der Waals surface area contributed by atoms with E-state index in [2.05, 4.69) is 36.1 Å². The van der Waals surface area contributed by atoms with Gasteiger partial charge in [0.2, 0.25) is 0 Å². The summed E-state index contributed by atoms with van der Waals surface area (Å²) < 4.78 is 0. The predicted octanol–water partition coefficient (Wildman–Crippen LogP) is 2.98. The van der Waals surface area contributed by atoms with E-state index in [-0.39, 0.29) is 0 Å². The summed E-state index contributed by atoms with van der Waals surface area (Å²) >= 11 is 7.94. The summed E-state index contributed by atoms with van der Waals surface area (Å²) in [6, 6.07) is 8.82. The first-order valence-corrected chi connectivity index (χ1v) is 6.78. The molecule has 0 aromatic heterocycles. The van der Waals surface area contributed by atoms with Gasteiger partial charge in [-0.2, -0.15) is 11.8 Å². The van der Waals surface area contributed by atoms with E-state index in [4.69, 9.17) is 11.6 Å². The molecule has 0 amide bonds. The van der Waals surface area contributed by atoms with Crippen LogP contribution in [0.3, 0.4) is 0 Å². The van der Waals surface area contributed by atoms with Crippen LogP contribution >= 0.6 is 23.4 Å². The molecule has 1 aromatic carbocycles. The average molecular weight is 242 g/mol. The predicted molar refractivity (Wildman–Crippen MR) is 68.9 cm³/mol. The first kappa shape index (κ1) is 11.3. The van der Waals surface area contributed by atoms with Crippen molar-refractivity contribution in [1.82, 2.24) is 5.32 Å². The molecule has 0 spiro atoms. The number of hydrogen-bond donors (Lipinski definition) is 1. The van der Waals surface area contributed by atoms with Gasteiger partial charge in [0.15, 0.2) is 0 Å². The minimum Gasteiger partial charge on any atom is -0.312 e. The van der Waals surface area contributed by atoms with Gasteiger partial charge in [0, 0.05) is 28.6 Å². The van der Waals surface area contributed by atoms with Crippen molar-refractivity contribution in [2.75, 3.05) is 12.3 Å². The molecular weight excluding hydrogens is 226 g/mol. The van der Waals surface area contributed by atoms with Gasteiger partial charge in [-0.25, -0.2) is 0 Å². The highest BCUT2D eigenvalue weighted by atomic mass is 35.5. The molecule has 1 fully saturated rings. The van der Waals surface area contributed by atoms with E-state index in [1.165, 1.54) is 11.3 Å². The molecular formula is C12H16ClNS. The Hall–Kier alpha value is -0.180. The minimum absolute atomic E-state index is 0.611. The third-order valence-corrected chi connectivity index (χ3v) is 4.50. The molecule has 3 heteroatoms. The lowest BCUT2D eigenvalue weighted by Gasteiger charge is -2.29. The van der Waals surface area contributed by atoms with E-state index >= 15 is 0 Å². The molecule has 1 N–H and O–H groups in total. The molecule has 82 valence electrons. The van der Waals surface area contributed by atoms with Gasteiger partial charge >= 0.3 is 0 Å². The maximum absolute atomic E-state index is 5.87. The van der Waals surface area contributed by atoms with Crippen LogP contribution in [-0.4, -0.2) is 23.6 Å². The van der Waals surface area contributed by atoms with Gasteiger partial charge in [-0.3, -0.25) is 0 Å². The van der Waals surface area contributed by atoms with E-state index in [9.17, 15) is 0 Å². The topological polar surface area (TPSA) is 12.0 Å². The minimum atomic E-state index is 0.611. The first-order chi connectivity index (χ1) is 7.25. The zero-order chi connectivity index (χ0) is 10.7. The Morgan fingerprint density at radius 1 is 1.40 bits per heavy atom. The molecule has 2 unspecified atom stereocenters. The molecule has 1 nitrogen and oxygen atoms in total. The van der Waals surface area contributed by atoms with Crippen LogP contribution in [0.25, 0.3) is 0 Å². The van der Waals surface area contributed by atoms with Crippen molar-refractivity contribution in [1.29, 1.82) is 0 Å². The Bertz CT molecular complexity index is 312. The molecule has 2 rings (SSSR count). The highest BCUT2D eigenvalue weighted by Gasteiger charge is 2.21. The molecule has 15 heavy (non-hydrogen) atoms. The Balaban J connectivity index is 1.98. The van der Waals surface area contributed by atoms with Crippen molar-refractivity contribution < 1.29 is 0 Å². The Morgan fingerprint density at radius 2 is 2.13 bits per heavy atom. The van der Waals surface area contributed by atoms with Gasteiger partial charge in [0.25, 0.3) is 0 Å². The van der Waals surface area contributed by atoms with Crippen molar-refractivity contribution >= 4 is 23.4 Å². The van der Waals surface area contributed by atoms with Crippen LogP contribution in [0.5, 0.6) is 0 Å². The van der Waals surface area contributed by atoms with Crippen LogP contribution in [0, 0.1) is 0 Å². The van der Waals surface area contributed by atoms with Gasteiger partial charge in [-0.05, 0) is 31.0 Å². The third kappa shape index (κ3) is 3.13. The van der Waals surface area contributed by atoms with Crippen LogP contribution < -0.4 is 5.32 Å². The summed E-state index contributed by atoms with van der Waals surface area (Å²) in [5, 5.41) is 5.03. The van der Waals surface area contributed by atoms with Crippen molar-refractivity contribution in [2.45, 2.75) is 24.6 Å². The third-order valence-electron chi connectivity index (χ3n) is 2.81. The fraction of sp³-hybridized carbons (Fsp3) is 0.500.